The molecule has 0 saturated carbocycles. The number of alkyl halides is 1. The summed E-state index contributed by atoms with van der Waals surface area (Å²) in [7, 11) is -3.47. The van der Waals surface area contributed by atoms with Crippen molar-refractivity contribution in [3.05, 3.63) is 0 Å². The zero-order valence-electron chi connectivity index (χ0n) is 8.69. The molecule has 0 aromatic carbocycles. The van der Waals surface area contributed by atoms with Crippen LogP contribution in [0.1, 0.15) is 13.8 Å². The molecule has 1 heterocycles. The zero-order valence-corrected chi connectivity index (χ0v) is 10.3. The maximum Gasteiger partial charge on any atom is 0.258 e. The number of sulfonamides is 1. The average Bonchev–Trinajstić information content (AvgIpc) is 2.16. The minimum Gasteiger partial charge on any atom is -0.378 e. The highest BCUT2D eigenvalue weighted by Gasteiger charge is 2.59. The normalized spacial score (nSPS) is 22.6. The number of carbonyl (C=O) groups is 1. The summed E-state index contributed by atoms with van der Waals surface area (Å²) in [4.78, 5) is 11.4. The van der Waals surface area contributed by atoms with Crippen LogP contribution in [0, 0.1) is 0 Å². The van der Waals surface area contributed by atoms with Crippen LogP contribution in [-0.2, 0) is 19.6 Å². The number of amides is 1. The Labute approximate surface area is 94.4 Å². The van der Waals surface area contributed by atoms with Crippen molar-refractivity contribution in [1.82, 2.24) is 4.31 Å². The van der Waals surface area contributed by atoms with Crippen molar-refractivity contribution in [2.45, 2.75) is 18.6 Å². The fourth-order valence-corrected chi connectivity index (χ4v) is 2.90. The van der Waals surface area contributed by atoms with E-state index in [9.17, 15) is 13.2 Å². The molecule has 0 radical (unpaired) electrons. The van der Waals surface area contributed by atoms with Gasteiger partial charge in [0.05, 0.1) is 19.8 Å². The first-order valence-corrected chi connectivity index (χ1v) is 6.53. The maximum atomic E-state index is 11.6. The Hall–Kier alpha value is -0.330. The van der Waals surface area contributed by atoms with Crippen LogP contribution in [0.25, 0.3) is 0 Å². The number of hydrogen-bond donors (Lipinski definition) is 0. The molecule has 0 aliphatic carbocycles. The van der Waals surface area contributed by atoms with E-state index in [1.54, 1.807) is 0 Å². The van der Waals surface area contributed by atoms with E-state index in [2.05, 4.69) is 0 Å². The minimum absolute atomic E-state index is 0.0709. The van der Waals surface area contributed by atoms with Gasteiger partial charge in [0, 0.05) is 5.88 Å². The Kier molecular flexibility index (Phi) is 3.63. The molecule has 0 aromatic rings. The molecular weight excluding hydrogens is 242 g/mol. The number of nitrogens with zero attached hydrogens (tertiary/aromatic N) is 1. The Morgan fingerprint density at radius 3 is 2.47 bits per heavy atom. The van der Waals surface area contributed by atoms with Crippen molar-refractivity contribution in [2.24, 2.45) is 0 Å². The van der Waals surface area contributed by atoms with E-state index in [4.69, 9.17) is 16.3 Å². The first-order valence-electron chi connectivity index (χ1n) is 4.56. The summed E-state index contributed by atoms with van der Waals surface area (Å²) in [6.45, 7) is 3.42. The number of ether oxygens (including phenoxy) is 1. The van der Waals surface area contributed by atoms with Gasteiger partial charge in [0.2, 0.25) is 0 Å². The lowest BCUT2D eigenvalue weighted by atomic mass is 10.2. The van der Waals surface area contributed by atoms with Crippen LogP contribution in [0.5, 0.6) is 0 Å². The highest BCUT2D eigenvalue weighted by Crippen LogP contribution is 2.34. The number of rotatable bonds is 5. The molecule has 1 saturated heterocycles. The van der Waals surface area contributed by atoms with Crippen LogP contribution in [0.3, 0.4) is 0 Å². The largest absolute Gasteiger partial charge is 0.378 e. The molecule has 7 heteroatoms. The molecule has 0 atom stereocenters. The molecule has 0 unspecified atom stereocenters. The zero-order chi connectivity index (χ0) is 11.7. The summed E-state index contributed by atoms with van der Waals surface area (Å²) in [6, 6.07) is 0. The molecule has 1 fully saturated rings. The molecule has 15 heavy (non-hydrogen) atoms. The second-order valence-corrected chi connectivity index (χ2v) is 6.48. The van der Waals surface area contributed by atoms with Gasteiger partial charge in [0.15, 0.2) is 4.75 Å². The molecular formula is C8H14ClNO4S. The summed E-state index contributed by atoms with van der Waals surface area (Å²) in [5.41, 5.74) is 0. The van der Waals surface area contributed by atoms with Gasteiger partial charge in [0.25, 0.3) is 15.9 Å². The predicted molar refractivity (Wildman–Crippen MR) is 56.3 cm³/mol. The molecule has 88 valence electrons. The van der Waals surface area contributed by atoms with Gasteiger partial charge in [-0.25, -0.2) is 12.7 Å². The van der Waals surface area contributed by atoms with Gasteiger partial charge in [-0.3, -0.25) is 4.79 Å². The van der Waals surface area contributed by atoms with Crippen LogP contribution < -0.4 is 0 Å². The first kappa shape index (κ1) is 12.7. The topological polar surface area (TPSA) is 63.7 Å². The predicted octanol–water partition coefficient (Wildman–Crippen LogP) is 0.192. The SMILES string of the molecule is CC1(C)C(=O)N(CCOCCCl)S1(=O)=O. The summed E-state index contributed by atoms with van der Waals surface area (Å²) in [5.74, 6) is -0.0244. The molecule has 1 amide bonds. The molecule has 1 aliphatic rings. The number of carbonyl (C=O) groups excluding carboxylic acids is 1. The van der Waals surface area contributed by atoms with Crippen LogP contribution in [0.15, 0.2) is 0 Å². The molecule has 5 nitrogen and oxygen atoms in total. The second kappa shape index (κ2) is 4.27. The van der Waals surface area contributed by atoms with Crippen molar-refractivity contribution in [1.29, 1.82) is 0 Å². The van der Waals surface area contributed by atoms with Crippen molar-refractivity contribution >= 4 is 27.5 Å². The minimum atomic E-state index is -3.47. The lowest BCUT2D eigenvalue weighted by Crippen LogP contribution is -2.67. The second-order valence-electron chi connectivity index (χ2n) is 3.69. The summed E-state index contributed by atoms with van der Waals surface area (Å²) in [6.07, 6.45) is 0. The third-order valence-electron chi connectivity index (χ3n) is 2.34. The Morgan fingerprint density at radius 1 is 1.40 bits per heavy atom. The Balaban J connectivity index is 2.49. The van der Waals surface area contributed by atoms with E-state index in [1.165, 1.54) is 13.8 Å². The van der Waals surface area contributed by atoms with E-state index in [-0.39, 0.29) is 19.1 Å². The molecule has 0 N–H and O–H groups in total. The quantitative estimate of drug-likeness (QED) is 0.520. The van der Waals surface area contributed by atoms with Gasteiger partial charge in [-0.1, -0.05) is 0 Å². The van der Waals surface area contributed by atoms with Gasteiger partial charge >= 0.3 is 0 Å². The lowest BCUT2D eigenvalue weighted by Gasteiger charge is -2.42. The van der Waals surface area contributed by atoms with E-state index >= 15 is 0 Å². The van der Waals surface area contributed by atoms with E-state index < -0.39 is 14.8 Å². The Bertz CT molecular complexity index is 352. The fraction of sp³-hybridized carbons (Fsp3) is 0.875. The standard InChI is InChI=1S/C8H14ClNO4S/c1-8(2)7(11)10(15(8,12)13)4-6-14-5-3-9/h3-6H2,1-2H3. The van der Waals surface area contributed by atoms with Crippen molar-refractivity contribution in [2.75, 3.05) is 25.6 Å². The van der Waals surface area contributed by atoms with Crippen molar-refractivity contribution in [3.63, 3.8) is 0 Å². The van der Waals surface area contributed by atoms with Gasteiger partial charge in [-0.05, 0) is 13.8 Å². The first-order chi connectivity index (χ1) is 6.85. The van der Waals surface area contributed by atoms with Gasteiger partial charge in [-0.2, -0.15) is 0 Å². The van der Waals surface area contributed by atoms with Crippen LogP contribution in [0.2, 0.25) is 0 Å². The average molecular weight is 256 g/mol. The molecule has 1 rings (SSSR count). The fourth-order valence-electron chi connectivity index (χ4n) is 1.28. The molecule has 0 spiro atoms. The van der Waals surface area contributed by atoms with Crippen LogP contribution >= 0.6 is 11.6 Å². The molecule has 0 bridgehead atoms. The van der Waals surface area contributed by atoms with Crippen LogP contribution in [-0.4, -0.2) is 49.0 Å². The van der Waals surface area contributed by atoms with E-state index in [0.29, 0.717) is 12.5 Å². The monoisotopic (exact) mass is 255 g/mol. The third kappa shape index (κ3) is 1.98. The van der Waals surface area contributed by atoms with Crippen molar-refractivity contribution < 1.29 is 17.9 Å². The van der Waals surface area contributed by atoms with E-state index in [0.717, 1.165) is 4.31 Å². The molecule has 0 aromatic heterocycles. The maximum absolute atomic E-state index is 11.6. The van der Waals surface area contributed by atoms with Crippen LogP contribution in [0.4, 0.5) is 0 Å². The van der Waals surface area contributed by atoms with Gasteiger partial charge < -0.3 is 4.74 Å². The highest BCUT2D eigenvalue weighted by atomic mass is 35.5. The lowest BCUT2D eigenvalue weighted by molar-refractivity contribution is -0.132. The Morgan fingerprint density at radius 2 is 2.00 bits per heavy atom. The number of halogens is 1. The van der Waals surface area contributed by atoms with Gasteiger partial charge in [-0.15, -0.1) is 11.6 Å². The van der Waals surface area contributed by atoms with Crippen molar-refractivity contribution in [3.8, 4) is 0 Å². The number of hydrogen-bond acceptors (Lipinski definition) is 4. The summed E-state index contributed by atoms with van der Waals surface area (Å²) < 4.78 is 27.7. The summed E-state index contributed by atoms with van der Waals surface area (Å²) in [5, 5.41) is 0. The summed E-state index contributed by atoms with van der Waals surface area (Å²) >= 11 is 5.37. The third-order valence-corrected chi connectivity index (χ3v) is 4.88. The van der Waals surface area contributed by atoms with Gasteiger partial charge in [0.1, 0.15) is 0 Å². The highest BCUT2D eigenvalue weighted by molar-refractivity contribution is 7.94. The molecule has 1 aliphatic heterocycles. The van der Waals surface area contributed by atoms with E-state index in [1.807, 2.05) is 0 Å². The smallest absolute Gasteiger partial charge is 0.258 e.